The van der Waals surface area contributed by atoms with Gasteiger partial charge in [-0.05, 0) is 98.3 Å². The Morgan fingerprint density at radius 1 is 1.04 bits per heavy atom. The topological polar surface area (TPSA) is 23.5 Å². The van der Waals surface area contributed by atoms with Crippen LogP contribution in [0.15, 0.2) is 0 Å². The fourth-order valence-corrected chi connectivity index (χ4v) is 8.20. The molecule has 0 spiro atoms. The van der Waals surface area contributed by atoms with Crippen molar-refractivity contribution in [3.8, 4) is 0 Å². The Balaban J connectivity index is 1.24. The third-order valence-corrected chi connectivity index (χ3v) is 9.89. The molecule has 2 unspecified atom stereocenters. The summed E-state index contributed by atoms with van der Waals surface area (Å²) in [5.74, 6) is 4.37. The van der Waals surface area contributed by atoms with Crippen LogP contribution in [-0.2, 0) is 0 Å². The highest BCUT2D eigenvalue weighted by atomic mass is 16.3. The summed E-state index contributed by atoms with van der Waals surface area (Å²) in [4.78, 5) is 2.82. The highest BCUT2D eigenvalue weighted by Crippen LogP contribution is 2.60. The molecule has 6 aliphatic rings. The molecular weight excluding hydrogens is 294 g/mol. The van der Waals surface area contributed by atoms with Crippen molar-refractivity contribution >= 4 is 0 Å². The fourth-order valence-electron chi connectivity index (χ4n) is 8.20. The van der Waals surface area contributed by atoms with Crippen LogP contribution in [0.25, 0.3) is 0 Å². The molecule has 6 rings (SSSR count). The molecule has 1 N–H and O–H groups in total. The average molecular weight is 332 g/mol. The van der Waals surface area contributed by atoms with Gasteiger partial charge in [0, 0.05) is 13.1 Å². The summed E-state index contributed by atoms with van der Waals surface area (Å²) in [7, 11) is 0. The molecule has 0 amide bonds. The summed E-state index contributed by atoms with van der Waals surface area (Å²) in [6.45, 7) is 11.6. The van der Waals surface area contributed by atoms with Crippen molar-refractivity contribution in [2.45, 2.75) is 77.7 Å². The molecule has 0 radical (unpaired) electrons. The molecule has 5 saturated carbocycles. The minimum atomic E-state index is -0.255. The van der Waals surface area contributed by atoms with Gasteiger partial charge < -0.3 is 10.0 Å². The molecule has 5 aliphatic carbocycles. The first kappa shape index (κ1) is 16.1. The molecule has 6 fully saturated rings. The zero-order valence-corrected chi connectivity index (χ0v) is 16.1. The van der Waals surface area contributed by atoms with Crippen LogP contribution in [-0.4, -0.2) is 35.2 Å². The highest BCUT2D eigenvalue weighted by Gasteiger charge is 2.56. The average Bonchev–Trinajstić information content (AvgIpc) is 2.61. The van der Waals surface area contributed by atoms with E-state index in [4.69, 9.17) is 0 Å². The van der Waals surface area contributed by atoms with Crippen molar-refractivity contribution in [2.75, 3.05) is 19.6 Å². The molecule has 0 aromatic carbocycles. The lowest BCUT2D eigenvalue weighted by molar-refractivity contribution is -0.154. The lowest BCUT2D eigenvalue weighted by Gasteiger charge is -2.58. The standard InChI is InChI=1S/C22H37NO/c1-20(2)18-4-6-21(20,3)14-23(13-18)7-5-19-16-8-15-9-17(19)12-22(24,10-15)11-16/h15-19,24H,4-14H2,1-3H3/t15?,16?,17?,18-,19?,21+,22?/m0/s1. The van der Waals surface area contributed by atoms with E-state index in [-0.39, 0.29) is 5.60 Å². The number of likely N-dealkylation sites (tertiary alicyclic amines) is 1. The molecule has 2 nitrogen and oxygen atoms in total. The van der Waals surface area contributed by atoms with Gasteiger partial charge in [-0.3, -0.25) is 0 Å². The van der Waals surface area contributed by atoms with E-state index < -0.39 is 0 Å². The fraction of sp³-hybridized carbons (Fsp3) is 1.00. The van der Waals surface area contributed by atoms with Gasteiger partial charge in [0.1, 0.15) is 0 Å². The molecule has 0 aromatic heterocycles. The predicted molar refractivity (Wildman–Crippen MR) is 97.7 cm³/mol. The predicted octanol–water partition coefficient (Wildman–Crippen LogP) is 4.32. The van der Waals surface area contributed by atoms with Crippen LogP contribution in [0.1, 0.15) is 72.1 Å². The normalized spacial score (nSPS) is 55.2. The van der Waals surface area contributed by atoms with Gasteiger partial charge in [0.2, 0.25) is 0 Å². The van der Waals surface area contributed by atoms with Gasteiger partial charge in [-0.1, -0.05) is 20.8 Å². The Morgan fingerprint density at radius 2 is 1.75 bits per heavy atom. The van der Waals surface area contributed by atoms with E-state index in [2.05, 4.69) is 25.7 Å². The Labute approximate surface area is 148 Å². The van der Waals surface area contributed by atoms with Crippen LogP contribution in [0.2, 0.25) is 0 Å². The molecule has 24 heavy (non-hydrogen) atoms. The smallest absolute Gasteiger partial charge is 0.0656 e. The Morgan fingerprint density at radius 3 is 2.38 bits per heavy atom. The maximum absolute atomic E-state index is 10.8. The van der Waals surface area contributed by atoms with E-state index in [1.165, 1.54) is 51.7 Å². The number of rotatable bonds is 3. The maximum Gasteiger partial charge on any atom is 0.0656 e. The molecular formula is C22H37NO. The van der Waals surface area contributed by atoms with Crippen molar-refractivity contribution in [3.05, 3.63) is 0 Å². The Bertz CT molecular complexity index is 512. The summed E-state index contributed by atoms with van der Waals surface area (Å²) in [5, 5.41) is 10.8. The van der Waals surface area contributed by atoms with Crippen LogP contribution in [0, 0.1) is 40.4 Å². The van der Waals surface area contributed by atoms with E-state index in [0.717, 1.165) is 48.9 Å². The van der Waals surface area contributed by atoms with Gasteiger partial charge in [-0.2, -0.15) is 0 Å². The largest absolute Gasteiger partial charge is 0.390 e. The Hall–Kier alpha value is -0.0800. The van der Waals surface area contributed by atoms with Crippen LogP contribution in [0.3, 0.4) is 0 Å². The van der Waals surface area contributed by atoms with Crippen molar-refractivity contribution in [1.29, 1.82) is 0 Å². The minimum absolute atomic E-state index is 0.255. The summed E-state index contributed by atoms with van der Waals surface area (Å²) in [6, 6.07) is 0. The maximum atomic E-state index is 10.8. The third kappa shape index (κ3) is 2.21. The van der Waals surface area contributed by atoms with Crippen molar-refractivity contribution in [3.63, 3.8) is 0 Å². The van der Waals surface area contributed by atoms with Crippen LogP contribution in [0.5, 0.6) is 0 Å². The molecule has 1 aliphatic heterocycles. The zero-order chi connectivity index (χ0) is 16.7. The molecule has 6 bridgehead atoms. The second kappa shape index (κ2) is 5.00. The van der Waals surface area contributed by atoms with E-state index >= 15 is 0 Å². The molecule has 136 valence electrons. The van der Waals surface area contributed by atoms with Crippen LogP contribution < -0.4 is 0 Å². The quantitative estimate of drug-likeness (QED) is 0.832. The molecule has 0 aromatic rings. The van der Waals surface area contributed by atoms with Crippen LogP contribution >= 0.6 is 0 Å². The third-order valence-electron chi connectivity index (χ3n) is 9.89. The number of aliphatic hydroxyl groups is 1. The highest BCUT2D eigenvalue weighted by molar-refractivity contribution is 5.07. The number of fused-ring (bicyclic) bond motifs is 2. The SMILES string of the molecule is CC1(C)[C@H]2CC[C@]1(C)CN(CCC1C3CC4CC1CC(O)(C4)C3)C2. The van der Waals surface area contributed by atoms with E-state index in [9.17, 15) is 5.11 Å². The molecule has 1 saturated heterocycles. The lowest BCUT2D eigenvalue weighted by Crippen LogP contribution is -2.56. The van der Waals surface area contributed by atoms with E-state index in [1.54, 1.807) is 0 Å². The van der Waals surface area contributed by atoms with E-state index in [1.807, 2.05) is 0 Å². The molecule has 4 atom stereocenters. The number of nitrogens with zero attached hydrogens (tertiary/aromatic N) is 1. The van der Waals surface area contributed by atoms with Gasteiger partial charge in [-0.25, -0.2) is 0 Å². The van der Waals surface area contributed by atoms with Gasteiger partial charge >= 0.3 is 0 Å². The first-order valence-electron chi connectivity index (χ1n) is 10.7. The summed E-state index contributed by atoms with van der Waals surface area (Å²) in [6.07, 6.45) is 10.5. The van der Waals surface area contributed by atoms with Crippen LogP contribution in [0.4, 0.5) is 0 Å². The van der Waals surface area contributed by atoms with Gasteiger partial charge in [-0.15, -0.1) is 0 Å². The zero-order valence-electron chi connectivity index (χ0n) is 16.1. The number of piperidine rings is 1. The van der Waals surface area contributed by atoms with Crippen molar-refractivity contribution < 1.29 is 5.11 Å². The summed E-state index contributed by atoms with van der Waals surface area (Å²) in [5.41, 5.74) is 0.819. The minimum Gasteiger partial charge on any atom is -0.390 e. The second-order valence-corrected chi connectivity index (χ2v) is 11.4. The Kier molecular flexibility index (Phi) is 3.36. The van der Waals surface area contributed by atoms with Gasteiger partial charge in [0.25, 0.3) is 0 Å². The number of hydrogen-bond donors (Lipinski definition) is 1. The van der Waals surface area contributed by atoms with Crippen molar-refractivity contribution in [2.24, 2.45) is 40.4 Å². The molecule has 1 heterocycles. The van der Waals surface area contributed by atoms with E-state index in [0.29, 0.717) is 10.8 Å². The van der Waals surface area contributed by atoms with Crippen molar-refractivity contribution in [1.82, 2.24) is 4.90 Å². The van der Waals surface area contributed by atoms with Gasteiger partial charge in [0.05, 0.1) is 5.60 Å². The number of hydrogen-bond acceptors (Lipinski definition) is 2. The second-order valence-electron chi connectivity index (χ2n) is 11.4. The first-order chi connectivity index (χ1) is 11.3. The summed E-state index contributed by atoms with van der Waals surface area (Å²) >= 11 is 0. The first-order valence-corrected chi connectivity index (χ1v) is 10.7. The monoisotopic (exact) mass is 331 g/mol. The van der Waals surface area contributed by atoms with Gasteiger partial charge in [0.15, 0.2) is 0 Å². The summed E-state index contributed by atoms with van der Waals surface area (Å²) < 4.78 is 0. The molecule has 2 heteroatoms. The lowest BCUT2D eigenvalue weighted by atomic mass is 9.49.